The maximum atomic E-state index is 12.1. The maximum Gasteiger partial charge on any atom is 0.254 e. The molecule has 20 heavy (non-hydrogen) atoms. The van der Waals surface area contributed by atoms with Gasteiger partial charge in [0.2, 0.25) is 0 Å². The fraction of sp³-hybridized carbons (Fsp3) is 0.267. The van der Waals surface area contributed by atoms with E-state index in [0.29, 0.717) is 17.7 Å². The molecule has 5 heteroatoms. The van der Waals surface area contributed by atoms with Gasteiger partial charge in [0.15, 0.2) is 0 Å². The third-order valence-electron chi connectivity index (χ3n) is 3.20. The fourth-order valence-corrected chi connectivity index (χ4v) is 1.92. The van der Waals surface area contributed by atoms with Gasteiger partial charge < -0.3 is 10.3 Å². The number of pyridine rings is 1. The fourth-order valence-electron chi connectivity index (χ4n) is 1.92. The Balaban J connectivity index is 2.08. The van der Waals surface area contributed by atoms with E-state index in [2.05, 4.69) is 15.3 Å². The molecule has 0 spiro atoms. The molecule has 2 rings (SSSR count). The van der Waals surface area contributed by atoms with Crippen molar-refractivity contribution in [2.45, 2.75) is 19.3 Å². The van der Waals surface area contributed by atoms with Crippen LogP contribution in [0.25, 0.3) is 0 Å². The minimum absolute atomic E-state index is 0.214. The Morgan fingerprint density at radius 1 is 1.50 bits per heavy atom. The monoisotopic (exact) mass is 268 g/mol. The van der Waals surface area contributed by atoms with Gasteiger partial charge in [0, 0.05) is 36.2 Å². The molecule has 1 amide bonds. The number of nitrogens with one attached hydrogen (secondary N) is 2. The first-order chi connectivity index (χ1) is 9.54. The maximum absolute atomic E-state index is 12.1. The molecule has 0 radical (unpaired) electrons. The number of carbonyl (C=O) groups excluding carboxylic acids is 1. The van der Waals surface area contributed by atoms with Gasteiger partial charge >= 0.3 is 0 Å². The minimum Gasteiger partial charge on any atom is -0.364 e. The Morgan fingerprint density at radius 3 is 2.95 bits per heavy atom. The summed E-state index contributed by atoms with van der Waals surface area (Å²) in [7, 11) is 0. The zero-order chi connectivity index (χ0) is 14.6. The molecule has 0 aliphatic rings. The van der Waals surface area contributed by atoms with E-state index in [1.54, 1.807) is 0 Å². The molecule has 2 heterocycles. The molecule has 0 aromatic carbocycles. The van der Waals surface area contributed by atoms with Gasteiger partial charge in [-0.1, -0.05) is 13.8 Å². The van der Waals surface area contributed by atoms with Crippen LogP contribution < -0.4 is 5.32 Å². The standard InChI is InChI=1S/C15H16N4O/c1-15(2,13-4-3-6-18-13)10-19-14(20)12-9-17-7-5-11(12)8-16/h3-7,9,18H,10H2,1-2H3,(H,19,20). The van der Waals surface area contributed by atoms with Crippen LogP contribution in [0, 0.1) is 11.3 Å². The summed E-state index contributed by atoms with van der Waals surface area (Å²) in [5, 5.41) is 11.8. The number of amides is 1. The lowest BCUT2D eigenvalue weighted by Crippen LogP contribution is -2.37. The van der Waals surface area contributed by atoms with E-state index in [1.807, 2.05) is 38.2 Å². The Labute approximate surface area is 117 Å². The molecule has 0 aliphatic heterocycles. The summed E-state index contributed by atoms with van der Waals surface area (Å²) in [5.41, 5.74) is 1.46. The largest absolute Gasteiger partial charge is 0.364 e. The topological polar surface area (TPSA) is 81.6 Å². The van der Waals surface area contributed by atoms with Gasteiger partial charge in [0.05, 0.1) is 11.1 Å². The average Bonchev–Trinajstić information content (AvgIpc) is 3.00. The highest BCUT2D eigenvalue weighted by atomic mass is 16.1. The second kappa shape index (κ2) is 5.57. The molecule has 0 aliphatic carbocycles. The highest BCUT2D eigenvalue weighted by molar-refractivity contribution is 5.96. The van der Waals surface area contributed by atoms with Crippen molar-refractivity contribution >= 4 is 5.91 Å². The van der Waals surface area contributed by atoms with Crippen molar-refractivity contribution in [1.29, 1.82) is 5.26 Å². The van der Waals surface area contributed by atoms with Gasteiger partial charge in [0.1, 0.15) is 6.07 Å². The first kappa shape index (κ1) is 13.8. The molecule has 2 aromatic rings. The van der Waals surface area contributed by atoms with Crippen LogP contribution in [0.1, 0.15) is 35.5 Å². The van der Waals surface area contributed by atoms with E-state index in [9.17, 15) is 4.79 Å². The van der Waals surface area contributed by atoms with Crippen molar-refractivity contribution < 1.29 is 4.79 Å². The normalized spacial score (nSPS) is 10.8. The van der Waals surface area contributed by atoms with Crippen LogP contribution in [0.5, 0.6) is 0 Å². The zero-order valence-electron chi connectivity index (χ0n) is 11.5. The van der Waals surface area contributed by atoms with Crippen LogP contribution in [-0.2, 0) is 5.41 Å². The van der Waals surface area contributed by atoms with Gasteiger partial charge in [-0.05, 0) is 18.2 Å². The molecule has 0 saturated heterocycles. The van der Waals surface area contributed by atoms with Crippen LogP contribution in [0.2, 0.25) is 0 Å². The third-order valence-corrected chi connectivity index (χ3v) is 3.20. The van der Waals surface area contributed by atoms with Gasteiger partial charge in [0.25, 0.3) is 5.91 Å². The summed E-state index contributed by atoms with van der Waals surface area (Å²) in [6.45, 7) is 4.53. The van der Waals surface area contributed by atoms with Crippen molar-refractivity contribution in [3.05, 3.63) is 53.6 Å². The predicted octanol–water partition coefficient (Wildman–Crippen LogP) is 1.99. The molecule has 102 valence electrons. The zero-order valence-corrected chi connectivity index (χ0v) is 11.5. The molecular formula is C15H16N4O. The molecule has 0 saturated carbocycles. The van der Waals surface area contributed by atoms with Crippen LogP contribution in [-0.4, -0.2) is 22.4 Å². The number of nitriles is 1. The number of aromatic amines is 1. The summed E-state index contributed by atoms with van der Waals surface area (Å²) in [5.74, 6) is -0.283. The minimum atomic E-state index is -0.283. The summed E-state index contributed by atoms with van der Waals surface area (Å²) in [4.78, 5) is 19.2. The Morgan fingerprint density at radius 2 is 2.30 bits per heavy atom. The summed E-state index contributed by atoms with van der Waals surface area (Å²) in [6, 6.07) is 7.43. The van der Waals surface area contributed by atoms with E-state index >= 15 is 0 Å². The quantitative estimate of drug-likeness (QED) is 0.889. The van der Waals surface area contributed by atoms with Crippen molar-refractivity contribution in [2.24, 2.45) is 0 Å². The second-order valence-electron chi connectivity index (χ2n) is 5.18. The Hall–Kier alpha value is -2.61. The van der Waals surface area contributed by atoms with Gasteiger partial charge in [-0.15, -0.1) is 0 Å². The number of nitrogens with zero attached hydrogens (tertiary/aromatic N) is 2. The first-order valence-corrected chi connectivity index (χ1v) is 6.31. The molecule has 0 fully saturated rings. The van der Waals surface area contributed by atoms with Crippen LogP contribution in [0.4, 0.5) is 0 Å². The lowest BCUT2D eigenvalue weighted by atomic mass is 9.89. The molecule has 0 bridgehead atoms. The number of H-pyrrole nitrogens is 1. The number of hydrogen-bond donors (Lipinski definition) is 2. The lowest BCUT2D eigenvalue weighted by molar-refractivity contribution is 0.0945. The third kappa shape index (κ3) is 2.86. The van der Waals surface area contributed by atoms with Gasteiger partial charge in [-0.3, -0.25) is 9.78 Å². The summed E-state index contributed by atoms with van der Waals surface area (Å²) < 4.78 is 0. The second-order valence-corrected chi connectivity index (χ2v) is 5.18. The molecule has 0 atom stereocenters. The SMILES string of the molecule is CC(C)(CNC(=O)c1cnccc1C#N)c1ccc[nH]1. The van der Waals surface area contributed by atoms with Gasteiger partial charge in [-0.25, -0.2) is 0 Å². The van der Waals surface area contributed by atoms with Crippen molar-refractivity contribution in [2.75, 3.05) is 6.54 Å². The van der Waals surface area contributed by atoms with E-state index in [-0.39, 0.29) is 11.3 Å². The van der Waals surface area contributed by atoms with Crippen LogP contribution in [0.3, 0.4) is 0 Å². The highest BCUT2D eigenvalue weighted by Gasteiger charge is 2.23. The Kier molecular flexibility index (Phi) is 3.85. The molecule has 2 aromatic heterocycles. The molecular weight excluding hydrogens is 252 g/mol. The molecule has 5 nitrogen and oxygen atoms in total. The summed E-state index contributed by atoms with van der Waals surface area (Å²) >= 11 is 0. The van der Waals surface area contributed by atoms with E-state index in [4.69, 9.17) is 5.26 Å². The average molecular weight is 268 g/mol. The summed E-state index contributed by atoms with van der Waals surface area (Å²) in [6.07, 6.45) is 4.77. The number of aromatic nitrogens is 2. The van der Waals surface area contributed by atoms with Gasteiger partial charge in [-0.2, -0.15) is 5.26 Å². The van der Waals surface area contributed by atoms with Crippen molar-refractivity contribution in [3.63, 3.8) is 0 Å². The Bertz CT molecular complexity index is 638. The number of carbonyl (C=O) groups is 1. The van der Waals surface area contributed by atoms with E-state index < -0.39 is 0 Å². The van der Waals surface area contributed by atoms with Crippen LogP contribution in [0.15, 0.2) is 36.8 Å². The smallest absolute Gasteiger partial charge is 0.254 e. The van der Waals surface area contributed by atoms with Crippen LogP contribution >= 0.6 is 0 Å². The number of hydrogen-bond acceptors (Lipinski definition) is 3. The highest BCUT2D eigenvalue weighted by Crippen LogP contribution is 2.20. The predicted molar refractivity (Wildman–Crippen MR) is 75.1 cm³/mol. The van der Waals surface area contributed by atoms with Crippen molar-refractivity contribution in [1.82, 2.24) is 15.3 Å². The molecule has 2 N–H and O–H groups in total. The van der Waals surface area contributed by atoms with Crippen molar-refractivity contribution in [3.8, 4) is 6.07 Å². The first-order valence-electron chi connectivity index (χ1n) is 6.31. The number of rotatable bonds is 4. The van der Waals surface area contributed by atoms with E-state index in [0.717, 1.165) is 5.69 Å². The van der Waals surface area contributed by atoms with E-state index in [1.165, 1.54) is 18.5 Å². The lowest BCUT2D eigenvalue weighted by Gasteiger charge is -2.24. The molecule has 0 unspecified atom stereocenters.